The molecule has 1 aromatic heterocycles. The van der Waals surface area contributed by atoms with E-state index in [0.717, 1.165) is 48.1 Å². The van der Waals surface area contributed by atoms with Crippen molar-refractivity contribution in [2.75, 3.05) is 44.8 Å². The summed E-state index contributed by atoms with van der Waals surface area (Å²) in [5, 5.41) is 10.9. The van der Waals surface area contributed by atoms with E-state index in [9.17, 15) is 4.79 Å². The summed E-state index contributed by atoms with van der Waals surface area (Å²) in [5.74, 6) is 0.947. The van der Waals surface area contributed by atoms with Gasteiger partial charge in [-0.25, -0.2) is 0 Å². The number of aliphatic hydroxyl groups is 1. The Bertz CT molecular complexity index is 676. The van der Waals surface area contributed by atoms with Gasteiger partial charge in [0.1, 0.15) is 5.75 Å². The molecule has 0 spiro atoms. The highest BCUT2D eigenvalue weighted by molar-refractivity contribution is 7.12. The molecular formula is C18H22N2O3S. The number of hydrogen-bond acceptors (Lipinski definition) is 5. The van der Waals surface area contributed by atoms with E-state index in [1.807, 2.05) is 28.5 Å². The summed E-state index contributed by atoms with van der Waals surface area (Å²) in [6.45, 7) is 3.21. The third-order valence-corrected chi connectivity index (χ3v) is 5.24. The number of aliphatic hydroxyl groups excluding tert-OH is 1. The quantitative estimate of drug-likeness (QED) is 0.902. The summed E-state index contributed by atoms with van der Waals surface area (Å²) in [6.07, 6.45) is 0.606. The van der Waals surface area contributed by atoms with Crippen molar-refractivity contribution in [3.63, 3.8) is 0 Å². The van der Waals surface area contributed by atoms with Crippen LogP contribution in [0, 0.1) is 0 Å². The number of amides is 1. The summed E-state index contributed by atoms with van der Waals surface area (Å²) in [7, 11) is 1.66. The topological polar surface area (TPSA) is 53.0 Å². The van der Waals surface area contributed by atoms with Gasteiger partial charge in [0, 0.05) is 38.5 Å². The van der Waals surface area contributed by atoms with Crippen molar-refractivity contribution in [2.24, 2.45) is 0 Å². The lowest BCUT2D eigenvalue weighted by molar-refractivity contribution is 0.0751. The van der Waals surface area contributed by atoms with Crippen LogP contribution in [0.2, 0.25) is 0 Å². The first-order chi connectivity index (χ1) is 11.7. The zero-order valence-corrected chi connectivity index (χ0v) is 14.6. The van der Waals surface area contributed by atoms with Crippen LogP contribution < -0.4 is 9.64 Å². The average molecular weight is 346 g/mol. The standard InChI is InChI=1S/C18H22N2O3S/c1-23-16-4-2-15(3-5-16)19-7-9-20(10-8-19)18(22)17-12-14(6-11-21)13-24-17/h2-5,12-13,21H,6-11H2,1H3. The Labute approximate surface area is 146 Å². The first kappa shape index (κ1) is 16.8. The van der Waals surface area contributed by atoms with Crippen LogP contribution >= 0.6 is 11.3 Å². The van der Waals surface area contributed by atoms with Crippen molar-refractivity contribution in [2.45, 2.75) is 6.42 Å². The number of thiophene rings is 1. The molecule has 1 aromatic carbocycles. The van der Waals surface area contributed by atoms with Crippen LogP contribution in [0.4, 0.5) is 5.69 Å². The molecule has 2 heterocycles. The predicted octanol–water partition coefficient (Wildman–Crippen LogP) is 2.25. The average Bonchev–Trinajstić information content (AvgIpc) is 3.10. The molecule has 0 unspecified atom stereocenters. The van der Waals surface area contributed by atoms with Gasteiger partial charge in [0.05, 0.1) is 12.0 Å². The molecule has 6 heteroatoms. The summed E-state index contributed by atoms with van der Waals surface area (Å²) in [5.41, 5.74) is 2.19. The van der Waals surface area contributed by atoms with Crippen LogP contribution in [0.3, 0.4) is 0 Å². The molecular weight excluding hydrogens is 324 g/mol. The summed E-state index contributed by atoms with van der Waals surface area (Å²) in [4.78, 5) is 17.5. The van der Waals surface area contributed by atoms with Gasteiger partial charge in [-0.3, -0.25) is 4.79 Å². The maximum Gasteiger partial charge on any atom is 0.264 e. The summed E-state index contributed by atoms with van der Waals surface area (Å²) >= 11 is 1.46. The minimum absolute atomic E-state index is 0.0959. The van der Waals surface area contributed by atoms with Gasteiger partial charge in [0.15, 0.2) is 0 Å². The highest BCUT2D eigenvalue weighted by atomic mass is 32.1. The molecule has 1 aliphatic rings. The number of benzene rings is 1. The highest BCUT2D eigenvalue weighted by Gasteiger charge is 2.23. The Morgan fingerprint density at radius 3 is 2.54 bits per heavy atom. The molecule has 1 amide bonds. The van der Waals surface area contributed by atoms with Gasteiger partial charge in [-0.1, -0.05) is 0 Å². The molecule has 128 valence electrons. The van der Waals surface area contributed by atoms with Crippen LogP contribution in [0.15, 0.2) is 35.7 Å². The minimum atomic E-state index is 0.0959. The summed E-state index contributed by atoms with van der Waals surface area (Å²) < 4.78 is 5.19. The largest absolute Gasteiger partial charge is 0.497 e. The molecule has 3 rings (SSSR count). The van der Waals surface area contributed by atoms with E-state index in [2.05, 4.69) is 17.0 Å². The molecule has 1 fully saturated rings. The van der Waals surface area contributed by atoms with E-state index in [1.54, 1.807) is 7.11 Å². The molecule has 0 radical (unpaired) electrons. The molecule has 0 bridgehead atoms. The Balaban J connectivity index is 1.58. The van der Waals surface area contributed by atoms with Crippen molar-refractivity contribution in [1.29, 1.82) is 0 Å². The molecule has 24 heavy (non-hydrogen) atoms. The SMILES string of the molecule is COc1ccc(N2CCN(C(=O)c3cc(CCO)cs3)CC2)cc1. The molecule has 0 saturated carbocycles. The zero-order chi connectivity index (χ0) is 16.9. The number of hydrogen-bond donors (Lipinski definition) is 1. The highest BCUT2D eigenvalue weighted by Crippen LogP contribution is 2.22. The second kappa shape index (κ2) is 7.68. The second-order valence-electron chi connectivity index (χ2n) is 5.77. The number of piperazine rings is 1. The lowest BCUT2D eigenvalue weighted by Crippen LogP contribution is -2.48. The van der Waals surface area contributed by atoms with E-state index >= 15 is 0 Å². The Hall–Kier alpha value is -2.05. The Morgan fingerprint density at radius 2 is 1.92 bits per heavy atom. The molecule has 0 aliphatic carbocycles. The molecule has 1 N–H and O–H groups in total. The van der Waals surface area contributed by atoms with Crippen molar-refractivity contribution in [3.8, 4) is 5.75 Å². The molecule has 2 aromatic rings. The van der Waals surface area contributed by atoms with Crippen molar-refractivity contribution < 1.29 is 14.6 Å². The molecule has 1 aliphatic heterocycles. The van der Waals surface area contributed by atoms with Gasteiger partial charge >= 0.3 is 0 Å². The van der Waals surface area contributed by atoms with Gasteiger partial charge in [-0.05, 0) is 47.7 Å². The maximum absolute atomic E-state index is 12.6. The number of rotatable bonds is 5. The molecule has 1 saturated heterocycles. The van der Waals surface area contributed by atoms with E-state index in [-0.39, 0.29) is 12.5 Å². The Morgan fingerprint density at radius 1 is 1.21 bits per heavy atom. The lowest BCUT2D eigenvalue weighted by Gasteiger charge is -2.36. The number of anilines is 1. The monoisotopic (exact) mass is 346 g/mol. The second-order valence-corrected chi connectivity index (χ2v) is 6.68. The van der Waals surface area contributed by atoms with Gasteiger partial charge in [-0.15, -0.1) is 11.3 Å². The van der Waals surface area contributed by atoms with Gasteiger partial charge in [0.25, 0.3) is 5.91 Å². The number of ether oxygens (including phenoxy) is 1. The maximum atomic E-state index is 12.6. The van der Waals surface area contributed by atoms with Crippen LogP contribution in [0.25, 0.3) is 0 Å². The third kappa shape index (κ3) is 3.71. The van der Waals surface area contributed by atoms with Crippen LogP contribution in [0.5, 0.6) is 5.75 Å². The fraction of sp³-hybridized carbons (Fsp3) is 0.389. The van der Waals surface area contributed by atoms with Crippen molar-refractivity contribution >= 4 is 22.9 Å². The third-order valence-electron chi connectivity index (χ3n) is 4.27. The zero-order valence-electron chi connectivity index (χ0n) is 13.8. The first-order valence-corrected chi connectivity index (χ1v) is 8.96. The van der Waals surface area contributed by atoms with E-state index in [0.29, 0.717) is 6.42 Å². The number of methoxy groups -OCH3 is 1. The number of carbonyl (C=O) groups excluding carboxylic acids is 1. The summed E-state index contributed by atoms with van der Waals surface area (Å²) in [6, 6.07) is 9.93. The molecule has 5 nitrogen and oxygen atoms in total. The van der Waals surface area contributed by atoms with Crippen molar-refractivity contribution in [3.05, 3.63) is 46.2 Å². The Kier molecular flexibility index (Phi) is 5.37. The lowest BCUT2D eigenvalue weighted by atomic mass is 10.2. The van der Waals surface area contributed by atoms with Crippen LogP contribution in [-0.4, -0.2) is 55.8 Å². The fourth-order valence-corrected chi connectivity index (χ4v) is 3.78. The minimum Gasteiger partial charge on any atom is -0.497 e. The van der Waals surface area contributed by atoms with Gasteiger partial charge < -0.3 is 19.6 Å². The van der Waals surface area contributed by atoms with E-state index < -0.39 is 0 Å². The fourth-order valence-electron chi connectivity index (χ4n) is 2.86. The molecule has 0 atom stereocenters. The first-order valence-electron chi connectivity index (χ1n) is 8.08. The van der Waals surface area contributed by atoms with Crippen molar-refractivity contribution in [1.82, 2.24) is 4.90 Å². The number of carbonyl (C=O) groups is 1. The van der Waals surface area contributed by atoms with Gasteiger partial charge in [0.2, 0.25) is 0 Å². The predicted molar refractivity (Wildman–Crippen MR) is 96.2 cm³/mol. The van der Waals surface area contributed by atoms with Crippen LogP contribution in [-0.2, 0) is 6.42 Å². The van der Waals surface area contributed by atoms with Crippen LogP contribution in [0.1, 0.15) is 15.2 Å². The smallest absolute Gasteiger partial charge is 0.264 e. The van der Waals surface area contributed by atoms with Gasteiger partial charge in [-0.2, -0.15) is 0 Å². The number of nitrogens with zero attached hydrogens (tertiary/aromatic N) is 2. The normalized spacial score (nSPS) is 14.8. The van der Waals surface area contributed by atoms with E-state index in [1.165, 1.54) is 11.3 Å². The van der Waals surface area contributed by atoms with E-state index in [4.69, 9.17) is 9.84 Å².